The summed E-state index contributed by atoms with van der Waals surface area (Å²) in [6, 6.07) is 4.16. The summed E-state index contributed by atoms with van der Waals surface area (Å²) in [6.07, 6.45) is 7.06. The molecule has 1 aromatic carbocycles. The molecule has 1 saturated heterocycles. The summed E-state index contributed by atoms with van der Waals surface area (Å²) < 4.78 is 24.8. The number of benzene rings is 1. The number of fused-ring (bicyclic) bond motifs is 1. The van der Waals surface area contributed by atoms with Crippen molar-refractivity contribution in [2.45, 2.75) is 95.7 Å². The third kappa shape index (κ3) is 6.90. The molecule has 36 heavy (non-hydrogen) atoms. The van der Waals surface area contributed by atoms with E-state index in [1.807, 2.05) is 13.0 Å². The minimum atomic E-state index is -0.626. The molecular weight excluding hydrogens is 461 g/mol. The van der Waals surface area contributed by atoms with Crippen LogP contribution < -0.4 is 15.5 Å². The lowest BCUT2D eigenvalue weighted by Crippen LogP contribution is -2.52. The first-order valence-corrected chi connectivity index (χ1v) is 13.6. The van der Waals surface area contributed by atoms with Crippen LogP contribution in [0, 0.1) is 11.7 Å². The Bertz CT molecular complexity index is 912. The van der Waals surface area contributed by atoms with Crippen molar-refractivity contribution in [2.75, 3.05) is 31.2 Å². The zero-order valence-electron chi connectivity index (χ0n) is 22.0. The van der Waals surface area contributed by atoms with Crippen molar-refractivity contribution in [3.05, 3.63) is 29.6 Å². The zero-order valence-corrected chi connectivity index (χ0v) is 22.0. The molecule has 0 spiro atoms. The summed E-state index contributed by atoms with van der Waals surface area (Å²) >= 11 is 0. The number of ether oxygens (including phenoxy) is 2. The summed E-state index contributed by atoms with van der Waals surface area (Å²) in [6.45, 7) is 8.74. The van der Waals surface area contributed by atoms with Gasteiger partial charge < -0.3 is 25.0 Å². The lowest BCUT2D eigenvalue weighted by molar-refractivity contribution is -0.124. The second-order valence-corrected chi connectivity index (χ2v) is 11.5. The number of carbonyl (C=O) groups excluding carboxylic acids is 2. The standard InChI is InChI=1S/C28H42FN3O4/c1-19(17-32-18-28(2,3)23-16-21(29)9-10-25(23)32)30-26(33)24(15-20-7-5-4-6-8-20)31-27(34)36-22-11-13-35-14-12-22/h9-10,16,19-20,22,24H,4-8,11-15,17-18H2,1-3H3,(H,30,33)(H,31,34)/t19?,24-/m0/s1. The molecule has 1 aliphatic carbocycles. The van der Waals surface area contributed by atoms with E-state index in [1.165, 1.54) is 25.3 Å². The number of carbonyl (C=O) groups is 2. The molecule has 2 amide bonds. The highest BCUT2D eigenvalue weighted by Gasteiger charge is 2.36. The predicted molar refractivity (Wildman–Crippen MR) is 138 cm³/mol. The van der Waals surface area contributed by atoms with Crippen molar-refractivity contribution >= 4 is 17.7 Å². The van der Waals surface area contributed by atoms with Gasteiger partial charge in [-0.05, 0) is 43.0 Å². The van der Waals surface area contributed by atoms with Crippen LogP contribution >= 0.6 is 0 Å². The maximum atomic E-state index is 13.9. The van der Waals surface area contributed by atoms with Crippen LogP contribution in [0.15, 0.2) is 18.2 Å². The third-order valence-electron chi connectivity index (χ3n) is 7.84. The third-order valence-corrected chi connectivity index (χ3v) is 7.84. The molecule has 1 aromatic rings. The topological polar surface area (TPSA) is 79.9 Å². The molecule has 7 nitrogen and oxygen atoms in total. The van der Waals surface area contributed by atoms with Crippen molar-refractivity contribution in [2.24, 2.45) is 5.92 Å². The molecule has 4 rings (SSSR count). The molecule has 2 heterocycles. The van der Waals surface area contributed by atoms with Crippen LogP contribution in [0.1, 0.15) is 77.7 Å². The summed E-state index contributed by atoms with van der Waals surface area (Å²) in [7, 11) is 0. The fraction of sp³-hybridized carbons (Fsp3) is 0.714. The van der Waals surface area contributed by atoms with E-state index < -0.39 is 12.1 Å². The second kappa shape index (κ2) is 11.8. The maximum absolute atomic E-state index is 13.9. The molecule has 3 aliphatic rings. The Kier molecular flexibility index (Phi) is 8.75. The number of nitrogens with zero attached hydrogens (tertiary/aromatic N) is 1. The number of hydrogen-bond donors (Lipinski definition) is 2. The Morgan fingerprint density at radius 1 is 1.14 bits per heavy atom. The minimum Gasteiger partial charge on any atom is -0.446 e. The van der Waals surface area contributed by atoms with Gasteiger partial charge in [0.15, 0.2) is 0 Å². The van der Waals surface area contributed by atoms with Crippen LogP contribution in [0.5, 0.6) is 0 Å². The molecule has 2 aliphatic heterocycles. The van der Waals surface area contributed by atoms with Gasteiger partial charge in [0.25, 0.3) is 0 Å². The van der Waals surface area contributed by atoms with Crippen LogP contribution in [0.4, 0.5) is 14.9 Å². The first-order chi connectivity index (χ1) is 17.2. The summed E-state index contributed by atoms with van der Waals surface area (Å²) in [4.78, 5) is 28.3. The number of hydrogen-bond acceptors (Lipinski definition) is 5. The van der Waals surface area contributed by atoms with Gasteiger partial charge in [-0.2, -0.15) is 0 Å². The van der Waals surface area contributed by atoms with E-state index in [9.17, 15) is 14.0 Å². The van der Waals surface area contributed by atoms with Crippen molar-refractivity contribution in [3.8, 4) is 0 Å². The maximum Gasteiger partial charge on any atom is 0.408 e. The minimum absolute atomic E-state index is 0.147. The fourth-order valence-electron chi connectivity index (χ4n) is 5.97. The van der Waals surface area contributed by atoms with Crippen LogP contribution in [0.2, 0.25) is 0 Å². The van der Waals surface area contributed by atoms with E-state index in [1.54, 1.807) is 6.07 Å². The van der Waals surface area contributed by atoms with Gasteiger partial charge in [0.2, 0.25) is 5.91 Å². The molecule has 1 unspecified atom stereocenters. The molecule has 1 saturated carbocycles. The molecular formula is C28H42FN3O4. The highest BCUT2D eigenvalue weighted by atomic mass is 19.1. The van der Waals surface area contributed by atoms with E-state index in [-0.39, 0.29) is 29.3 Å². The van der Waals surface area contributed by atoms with Gasteiger partial charge in [-0.3, -0.25) is 4.79 Å². The molecule has 0 bridgehead atoms. The highest BCUT2D eigenvalue weighted by Crippen LogP contribution is 2.40. The monoisotopic (exact) mass is 503 g/mol. The molecule has 0 radical (unpaired) electrons. The van der Waals surface area contributed by atoms with Gasteiger partial charge in [0.1, 0.15) is 18.0 Å². The largest absolute Gasteiger partial charge is 0.446 e. The van der Waals surface area contributed by atoms with E-state index in [4.69, 9.17) is 9.47 Å². The number of nitrogens with one attached hydrogen (secondary N) is 2. The van der Waals surface area contributed by atoms with Gasteiger partial charge in [-0.25, -0.2) is 9.18 Å². The Balaban J connectivity index is 1.37. The summed E-state index contributed by atoms with van der Waals surface area (Å²) in [5.41, 5.74) is 1.84. The average molecular weight is 504 g/mol. The molecule has 8 heteroatoms. The summed E-state index contributed by atoms with van der Waals surface area (Å²) in [5, 5.41) is 6.01. The molecule has 0 aromatic heterocycles. The fourth-order valence-corrected chi connectivity index (χ4v) is 5.97. The number of alkyl carbamates (subject to hydrolysis) is 1. The first kappa shape index (κ1) is 26.7. The highest BCUT2D eigenvalue weighted by molar-refractivity contribution is 5.86. The van der Waals surface area contributed by atoms with E-state index >= 15 is 0 Å². The molecule has 2 atom stereocenters. The Morgan fingerprint density at radius 3 is 2.58 bits per heavy atom. The number of rotatable bonds is 8. The van der Waals surface area contributed by atoms with Gasteiger partial charge in [0, 0.05) is 43.1 Å². The van der Waals surface area contributed by atoms with Gasteiger partial charge in [-0.1, -0.05) is 46.0 Å². The summed E-state index contributed by atoms with van der Waals surface area (Å²) in [5.74, 6) is 0.0263. The van der Waals surface area contributed by atoms with Crippen LogP contribution in [-0.2, 0) is 19.7 Å². The van der Waals surface area contributed by atoms with E-state index in [0.717, 1.165) is 30.6 Å². The average Bonchev–Trinajstić information content (AvgIpc) is 3.08. The normalized spacial score (nSPS) is 21.9. The van der Waals surface area contributed by atoms with Gasteiger partial charge in [0.05, 0.1) is 13.2 Å². The smallest absolute Gasteiger partial charge is 0.408 e. The Labute approximate surface area is 214 Å². The van der Waals surface area contributed by atoms with Crippen molar-refractivity contribution in [3.63, 3.8) is 0 Å². The number of anilines is 1. The van der Waals surface area contributed by atoms with E-state index in [0.29, 0.717) is 44.9 Å². The van der Waals surface area contributed by atoms with Gasteiger partial charge in [-0.15, -0.1) is 0 Å². The Hall–Kier alpha value is -2.35. The lowest BCUT2D eigenvalue weighted by Gasteiger charge is -2.30. The van der Waals surface area contributed by atoms with Crippen molar-refractivity contribution in [1.29, 1.82) is 0 Å². The quantitative estimate of drug-likeness (QED) is 0.539. The molecule has 2 N–H and O–H groups in total. The molecule has 200 valence electrons. The second-order valence-electron chi connectivity index (χ2n) is 11.5. The van der Waals surface area contributed by atoms with Crippen LogP contribution in [-0.4, -0.2) is 56.5 Å². The number of halogens is 1. The van der Waals surface area contributed by atoms with Crippen molar-refractivity contribution < 1.29 is 23.5 Å². The van der Waals surface area contributed by atoms with Crippen molar-refractivity contribution in [1.82, 2.24) is 10.6 Å². The number of amides is 2. The van der Waals surface area contributed by atoms with Gasteiger partial charge >= 0.3 is 6.09 Å². The zero-order chi connectivity index (χ0) is 25.7. The van der Waals surface area contributed by atoms with Crippen LogP contribution in [0.25, 0.3) is 0 Å². The predicted octanol–water partition coefficient (Wildman–Crippen LogP) is 4.67. The van der Waals surface area contributed by atoms with E-state index in [2.05, 4.69) is 29.4 Å². The van der Waals surface area contributed by atoms with Crippen LogP contribution in [0.3, 0.4) is 0 Å². The molecule has 2 fully saturated rings. The first-order valence-electron chi connectivity index (χ1n) is 13.6. The Morgan fingerprint density at radius 2 is 1.86 bits per heavy atom. The SMILES string of the molecule is CC(CN1CC(C)(C)c2cc(F)ccc21)NC(=O)[C@H](CC1CCCCC1)NC(=O)OC1CCOCC1. The lowest BCUT2D eigenvalue weighted by atomic mass is 9.84.